The van der Waals surface area contributed by atoms with Crippen LogP contribution in [0.5, 0.6) is 23.0 Å². The minimum absolute atomic E-state index is 0. The number of rotatable bonds is 8. The van der Waals surface area contributed by atoms with Crippen LogP contribution in [0, 0.1) is 21.7 Å². The SMILES string of the molecule is CC(C)(C)COc1cccc2c1-c1nc-2nc2[n-]c(nc3nc(nc4[n-]c(n1)c1cccc(OCC(C)(C)C)c41)-c1cccc(OCC(C)(C)C)c1-3)c1cccc(OCC(C)(C)C)c21.[Zn+2]. The van der Waals surface area contributed by atoms with E-state index in [0.29, 0.717) is 117 Å². The fraction of sp³-hybridized carbons (Fsp3) is 0.385. The molecule has 13 heteroatoms. The summed E-state index contributed by atoms with van der Waals surface area (Å²) in [6, 6.07) is 23.6. The van der Waals surface area contributed by atoms with Crippen LogP contribution < -0.4 is 28.9 Å². The van der Waals surface area contributed by atoms with Gasteiger partial charge in [-0.25, -0.2) is 9.97 Å². The van der Waals surface area contributed by atoms with Gasteiger partial charge in [-0.05, 0) is 56.7 Å². The summed E-state index contributed by atoms with van der Waals surface area (Å²) in [5.74, 6) is 4.22. The number of ether oxygens (including phenoxy) is 4. The van der Waals surface area contributed by atoms with Gasteiger partial charge in [0.05, 0.1) is 60.9 Å². The fourth-order valence-electron chi connectivity index (χ4n) is 7.38. The molecule has 7 aromatic rings. The second kappa shape index (κ2) is 16.8. The Morgan fingerprint density at radius 3 is 1.03 bits per heavy atom. The fourth-order valence-corrected chi connectivity index (χ4v) is 7.38. The molecule has 0 saturated heterocycles. The van der Waals surface area contributed by atoms with Gasteiger partial charge < -0.3 is 48.9 Å². The van der Waals surface area contributed by atoms with Crippen molar-refractivity contribution in [2.24, 2.45) is 21.7 Å². The third-order valence-electron chi connectivity index (χ3n) is 10.3. The maximum absolute atomic E-state index is 6.55. The Labute approximate surface area is 393 Å². The standard InChI is InChI=1S/C52H56N8O4.Zn/c1-49(2,3)25-61-33-21-13-17-29-37(33)45-53-41(29)58-46-39-31(19-15-23-35(39)63-27-51(7,8)9)43(55-46)60-48-40-32(20-16-24-36(40)64-28-52(10,11)12)44(56-48)59-47-38-30(42(54-47)57-45)18-14-22-34(38)62-26-50(4,5)6;/h13-24H,25-28H2,1-12H3;/q-2;+2. The first-order valence-electron chi connectivity index (χ1n) is 21.9. The van der Waals surface area contributed by atoms with E-state index < -0.39 is 0 Å². The van der Waals surface area contributed by atoms with Crippen LogP contribution in [-0.4, -0.2) is 56.3 Å². The zero-order valence-corrected chi connectivity index (χ0v) is 42.6. The van der Waals surface area contributed by atoms with E-state index in [2.05, 4.69) is 83.1 Å². The van der Waals surface area contributed by atoms with Crippen molar-refractivity contribution in [3.05, 3.63) is 72.8 Å². The molecule has 5 heterocycles. The van der Waals surface area contributed by atoms with Gasteiger partial charge in [0.15, 0.2) is 0 Å². The van der Waals surface area contributed by atoms with Crippen molar-refractivity contribution in [3.8, 4) is 68.5 Å². The van der Waals surface area contributed by atoms with Gasteiger partial charge in [-0.3, -0.25) is 0 Å². The molecule has 12 nitrogen and oxygen atoms in total. The number of hydrogen-bond acceptors (Lipinski definition) is 10. The third-order valence-corrected chi connectivity index (χ3v) is 10.3. The number of fused-ring (bicyclic) bond motifs is 20. The minimum Gasteiger partial charge on any atom is -0.492 e. The summed E-state index contributed by atoms with van der Waals surface area (Å²) in [5.41, 5.74) is 4.14. The molecule has 0 spiro atoms. The zero-order chi connectivity index (χ0) is 45.3. The van der Waals surface area contributed by atoms with Gasteiger partial charge in [-0.1, -0.05) is 132 Å². The predicted octanol–water partition coefficient (Wildman–Crippen LogP) is 11.8. The molecule has 2 aliphatic heterocycles. The molecule has 9 rings (SSSR count). The third kappa shape index (κ3) is 9.57. The van der Waals surface area contributed by atoms with Crippen molar-refractivity contribution in [3.63, 3.8) is 0 Å². The van der Waals surface area contributed by atoms with E-state index in [4.69, 9.17) is 58.8 Å². The molecule has 2 aliphatic rings. The summed E-state index contributed by atoms with van der Waals surface area (Å²) in [4.78, 5) is 41.7. The molecule has 3 aromatic heterocycles. The van der Waals surface area contributed by atoms with Crippen LogP contribution in [0.3, 0.4) is 0 Å². The molecule has 0 amide bonds. The average Bonchev–Trinajstić information content (AvgIpc) is 3.95. The van der Waals surface area contributed by atoms with Crippen LogP contribution in [0.1, 0.15) is 83.1 Å². The first-order valence-corrected chi connectivity index (χ1v) is 21.9. The largest absolute Gasteiger partial charge is 2.00 e. The topological polar surface area (TPSA) is 142 Å². The molecule has 0 radical (unpaired) electrons. The van der Waals surface area contributed by atoms with Gasteiger partial charge in [0, 0.05) is 44.5 Å². The summed E-state index contributed by atoms with van der Waals surface area (Å²) in [7, 11) is 0. The summed E-state index contributed by atoms with van der Waals surface area (Å²) < 4.78 is 26.2. The second-order valence-electron chi connectivity index (χ2n) is 21.6. The Hall–Kier alpha value is -5.94. The summed E-state index contributed by atoms with van der Waals surface area (Å²) in [6.45, 7) is 27.6. The Bertz CT molecular complexity index is 2920. The van der Waals surface area contributed by atoms with Crippen LogP contribution in [0.25, 0.3) is 89.7 Å². The number of benzene rings is 4. The molecule has 0 saturated carbocycles. The van der Waals surface area contributed by atoms with E-state index in [0.717, 1.165) is 21.9 Å². The quantitative estimate of drug-likeness (QED) is 0.134. The van der Waals surface area contributed by atoms with Crippen LogP contribution >= 0.6 is 0 Å². The summed E-state index contributed by atoms with van der Waals surface area (Å²) in [5, 5.41) is 2.93. The van der Waals surface area contributed by atoms with Crippen molar-refractivity contribution in [2.45, 2.75) is 83.1 Å². The molecule has 4 aromatic carbocycles. The van der Waals surface area contributed by atoms with Crippen molar-refractivity contribution in [1.29, 1.82) is 0 Å². The number of aromatic nitrogens is 8. The first-order chi connectivity index (χ1) is 30.2. The predicted molar refractivity (Wildman–Crippen MR) is 254 cm³/mol. The summed E-state index contributed by atoms with van der Waals surface area (Å²) in [6.07, 6.45) is 0. The van der Waals surface area contributed by atoms with Crippen LogP contribution in [0.2, 0.25) is 0 Å². The molecule has 0 unspecified atom stereocenters. The molecule has 65 heavy (non-hydrogen) atoms. The van der Waals surface area contributed by atoms with Crippen molar-refractivity contribution >= 4 is 44.1 Å². The van der Waals surface area contributed by atoms with Gasteiger partial charge in [-0.15, -0.1) is 0 Å². The van der Waals surface area contributed by atoms with E-state index in [9.17, 15) is 0 Å². The normalized spacial score (nSPS) is 12.7. The van der Waals surface area contributed by atoms with Gasteiger partial charge in [-0.2, -0.15) is 0 Å². The average molecular weight is 922 g/mol. The molecular weight excluding hydrogens is 866 g/mol. The van der Waals surface area contributed by atoms with E-state index >= 15 is 0 Å². The van der Waals surface area contributed by atoms with E-state index in [-0.39, 0.29) is 41.1 Å². The first kappa shape index (κ1) is 45.6. The minimum atomic E-state index is -0.109. The van der Waals surface area contributed by atoms with Gasteiger partial charge in [0.25, 0.3) is 0 Å². The van der Waals surface area contributed by atoms with Crippen LogP contribution in [0.4, 0.5) is 0 Å². The maximum Gasteiger partial charge on any atom is 2.00 e. The smallest absolute Gasteiger partial charge is 0.492 e. The Kier molecular flexibility index (Phi) is 11.8. The molecule has 0 fully saturated rings. The summed E-state index contributed by atoms with van der Waals surface area (Å²) >= 11 is 0. The monoisotopic (exact) mass is 920 g/mol. The van der Waals surface area contributed by atoms with Crippen LogP contribution in [-0.2, 0) is 19.5 Å². The maximum atomic E-state index is 6.55. The van der Waals surface area contributed by atoms with Crippen molar-refractivity contribution < 1.29 is 38.4 Å². The number of hydrogen-bond donors (Lipinski definition) is 0. The van der Waals surface area contributed by atoms with Crippen molar-refractivity contribution in [1.82, 2.24) is 39.9 Å². The van der Waals surface area contributed by atoms with Gasteiger partial charge in [0.2, 0.25) is 0 Å². The molecule has 330 valence electrons. The van der Waals surface area contributed by atoms with E-state index in [1.54, 1.807) is 0 Å². The molecular formula is C52H56N8O4Zn. The molecule has 0 N–H and O–H groups in total. The van der Waals surface area contributed by atoms with Crippen LogP contribution in [0.15, 0.2) is 72.8 Å². The molecule has 8 bridgehead atoms. The van der Waals surface area contributed by atoms with E-state index in [1.165, 1.54) is 0 Å². The number of nitrogens with zero attached hydrogens (tertiary/aromatic N) is 8. The molecule has 0 aliphatic carbocycles. The van der Waals surface area contributed by atoms with Gasteiger partial charge in [0.1, 0.15) is 23.0 Å². The van der Waals surface area contributed by atoms with E-state index in [1.807, 2.05) is 72.8 Å². The Morgan fingerprint density at radius 2 is 0.677 bits per heavy atom. The molecule has 0 atom stereocenters. The van der Waals surface area contributed by atoms with Gasteiger partial charge >= 0.3 is 19.5 Å². The Morgan fingerprint density at radius 1 is 0.369 bits per heavy atom. The Balaban J connectivity index is 0.00000576. The second-order valence-corrected chi connectivity index (χ2v) is 21.6. The van der Waals surface area contributed by atoms with Crippen molar-refractivity contribution in [2.75, 3.05) is 26.4 Å². The zero-order valence-electron chi connectivity index (χ0n) is 39.7.